The number of thiophene rings is 1. The number of hydrogen-bond acceptors (Lipinski definition) is 6. The fraction of sp³-hybridized carbons (Fsp3) is 0.526. The second kappa shape index (κ2) is 19.8. The van der Waals surface area contributed by atoms with Gasteiger partial charge in [-0.3, -0.25) is 19.4 Å². The number of alkyl halides is 6. The Morgan fingerprint density at radius 1 is 0.962 bits per heavy atom. The van der Waals surface area contributed by atoms with Crippen molar-refractivity contribution in [2.45, 2.75) is 102 Å². The van der Waals surface area contributed by atoms with Crippen LogP contribution in [-0.4, -0.2) is 68.5 Å². The van der Waals surface area contributed by atoms with Gasteiger partial charge in [-0.1, -0.05) is 50.1 Å². The first kappa shape index (κ1) is 43.3. The number of carbonyl (C=O) groups excluding carboxylic acids is 2. The maximum absolute atomic E-state index is 13.6. The van der Waals surface area contributed by atoms with Gasteiger partial charge in [0, 0.05) is 62.9 Å². The molecule has 15 heteroatoms. The Morgan fingerprint density at radius 3 is 2.11 bits per heavy atom. The highest BCUT2D eigenvalue weighted by atomic mass is 32.1. The molecule has 2 amide bonds. The number of aromatic nitrogens is 1. The Balaban J connectivity index is 0.000000305. The minimum absolute atomic E-state index is 0.00263. The maximum Gasteiger partial charge on any atom is 0.425 e. The van der Waals surface area contributed by atoms with Gasteiger partial charge in [-0.05, 0) is 68.1 Å². The van der Waals surface area contributed by atoms with Crippen LogP contribution < -0.4 is 0 Å². The SMILES string of the molecule is CCCC1C(C(=O)N2CCC(CCCCC(=O)O)(c3ccccc3)CC2)CCCN1C(C)=O.FC(F)(F)c1cccnc1.Oc1csc(C(F)(F)F)c1. The number of halogens is 6. The highest BCUT2D eigenvalue weighted by molar-refractivity contribution is 7.10. The molecule has 2 unspecified atom stereocenters. The van der Waals surface area contributed by atoms with Gasteiger partial charge >= 0.3 is 18.3 Å². The van der Waals surface area contributed by atoms with E-state index in [1.165, 1.54) is 17.8 Å². The standard InChI is InChI=1S/C27H40N2O4.C6H4F3N.C5H3F3OS/c1-3-10-24-23(13-9-18-29(24)21(2)30)26(33)28-19-16-27(17-20-28,15-8-7-14-25(31)32)22-11-5-4-6-12-22;7-6(8,9)5-2-1-3-10-4-5;6-5(7,8)4-1-3(9)2-10-4/h4-6,11-12,23-24H,3,7-10,13-20H2,1-2H3,(H,31,32);1-4H;1-2,9H. The zero-order valence-corrected chi connectivity index (χ0v) is 30.7. The van der Waals surface area contributed by atoms with E-state index in [-0.39, 0.29) is 41.4 Å². The van der Waals surface area contributed by atoms with E-state index in [4.69, 9.17) is 10.2 Å². The molecule has 2 fully saturated rings. The zero-order valence-electron chi connectivity index (χ0n) is 29.8. The van der Waals surface area contributed by atoms with Crippen molar-refractivity contribution in [2.75, 3.05) is 19.6 Å². The number of carboxylic acids is 1. The number of hydrogen-bond donors (Lipinski definition) is 2. The summed E-state index contributed by atoms with van der Waals surface area (Å²) in [6.45, 7) is 5.95. The van der Waals surface area contributed by atoms with Gasteiger partial charge in [0.05, 0.1) is 11.5 Å². The quantitative estimate of drug-likeness (QED) is 0.166. The lowest BCUT2D eigenvalue weighted by Crippen LogP contribution is -2.55. The molecule has 5 rings (SSSR count). The van der Waals surface area contributed by atoms with E-state index in [2.05, 4.69) is 36.2 Å². The number of rotatable bonds is 9. The molecule has 2 aliphatic heterocycles. The number of amides is 2. The number of aromatic hydroxyl groups is 1. The lowest BCUT2D eigenvalue weighted by molar-refractivity contribution is -0.146. The molecule has 2 aliphatic rings. The summed E-state index contributed by atoms with van der Waals surface area (Å²) in [5.41, 5.74) is 0.587. The first-order valence-electron chi connectivity index (χ1n) is 17.6. The smallest absolute Gasteiger partial charge is 0.425 e. The van der Waals surface area contributed by atoms with Crippen molar-refractivity contribution in [3.63, 3.8) is 0 Å². The van der Waals surface area contributed by atoms with Crippen LogP contribution in [0.3, 0.4) is 0 Å². The maximum atomic E-state index is 13.6. The molecule has 3 aromatic rings. The lowest BCUT2D eigenvalue weighted by atomic mass is 9.69. The van der Waals surface area contributed by atoms with Crippen LogP contribution in [0.2, 0.25) is 0 Å². The van der Waals surface area contributed by atoms with E-state index in [1.807, 2.05) is 15.9 Å². The van der Waals surface area contributed by atoms with Crippen LogP contribution in [0.25, 0.3) is 0 Å². The Hall–Kier alpha value is -4.14. The van der Waals surface area contributed by atoms with Gasteiger partial charge in [-0.25, -0.2) is 0 Å². The second-order valence-corrected chi connectivity index (χ2v) is 14.2. The molecule has 0 aliphatic carbocycles. The largest absolute Gasteiger partial charge is 0.507 e. The molecule has 0 saturated carbocycles. The van der Waals surface area contributed by atoms with Crippen molar-refractivity contribution in [1.82, 2.24) is 14.8 Å². The van der Waals surface area contributed by atoms with Gasteiger partial charge in [-0.15, -0.1) is 11.3 Å². The van der Waals surface area contributed by atoms with E-state index in [1.54, 1.807) is 6.92 Å². The fourth-order valence-corrected chi connectivity index (χ4v) is 7.64. The molecule has 4 heterocycles. The molecule has 0 spiro atoms. The van der Waals surface area contributed by atoms with E-state index < -0.39 is 28.8 Å². The van der Waals surface area contributed by atoms with Crippen molar-refractivity contribution in [2.24, 2.45) is 5.92 Å². The van der Waals surface area contributed by atoms with Crippen LogP contribution in [0.1, 0.15) is 94.1 Å². The Kier molecular flexibility index (Phi) is 16.2. The number of pyridine rings is 1. The molecular formula is C38H47F6N3O5S. The first-order valence-corrected chi connectivity index (χ1v) is 18.5. The van der Waals surface area contributed by atoms with Crippen LogP contribution >= 0.6 is 11.3 Å². The van der Waals surface area contributed by atoms with Gasteiger partial charge in [0.25, 0.3) is 0 Å². The molecule has 53 heavy (non-hydrogen) atoms. The molecular weight excluding hydrogens is 724 g/mol. The van der Waals surface area contributed by atoms with E-state index in [9.17, 15) is 40.7 Å². The normalized spacial score (nSPS) is 18.6. The van der Waals surface area contributed by atoms with Crippen molar-refractivity contribution in [3.05, 3.63) is 82.3 Å². The fourth-order valence-electron chi connectivity index (χ4n) is 7.00. The molecule has 2 atom stereocenters. The average Bonchev–Trinajstić information content (AvgIpc) is 3.58. The topological polar surface area (TPSA) is 111 Å². The van der Waals surface area contributed by atoms with Gasteiger partial charge in [0.15, 0.2) is 0 Å². The van der Waals surface area contributed by atoms with Crippen LogP contribution in [0, 0.1) is 5.92 Å². The predicted octanol–water partition coefficient (Wildman–Crippen LogP) is 9.19. The molecule has 8 nitrogen and oxygen atoms in total. The van der Waals surface area contributed by atoms with Crippen LogP contribution in [0.15, 0.2) is 66.3 Å². The molecule has 2 aromatic heterocycles. The summed E-state index contributed by atoms with van der Waals surface area (Å²) in [4.78, 5) is 43.3. The number of likely N-dealkylation sites (tertiary alicyclic amines) is 2. The molecule has 1 aromatic carbocycles. The minimum Gasteiger partial charge on any atom is -0.507 e. The molecule has 0 bridgehead atoms. The predicted molar refractivity (Wildman–Crippen MR) is 189 cm³/mol. The molecule has 2 N–H and O–H groups in total. The van der Waals surface area contributed by atoms with Crippen LogP contribution in [0.5, 0.6) is 5.75 Å². The van der Waals surface area contributed by atoms with Crippen LogP contribution in [0.4, 0.5) is 26.3 Å². The van der Waals surface area contributed by atoms with Gasteiger partial charge in [0.2, 0.25) is 11.8 Å². The summed E-state index contributed by atoms with van der Waals surface area (Å²) in [5, 5.41) is 18.6. The Morgan fingerprint density at radius 2 is 1.64 bits per heavy atom. The summed E-state index contributed by atoms with van der Waals surface area (Å²) >= 11 is 0.481. The summed E-state index contributed by atoms with van der Waals surface area (Å²) < 4.78 is 70.3. The highest BCUT2D eigenvalue weighted by Gasteiger charge is 2.42. The summed E-state index contributed by atoms with van der Waals surface area (Å²) in [7, 11) is 0. The van der Waals surface area contributed by atoms with Crippen molar-refractivity contribution in [3.8, 4) is 5.75 Å². The van der Waals surface area contributed by atoms with E-state index in [0.717, 1.165) is 88.6 Å². The second-order valence-electron chi connectivity index (χ2n) is 13.3. The van der Waals surface area contributed by atoms with Gasteiger partial charge < -0.3 is 20.0 Å². The molecule has 0 radical (unpaired) electrons. The summed E-state index contributed by atoms with van der Waals surface area (Å²) in [6.07, 6.45) is 1.62. The average molecular weight is 772 g/mol. The number of aliphatic carboxylic acids is 1. The van der Waals surface area contributed by atoms with Crippen molar-refractivity contribution < 1.29 is 50.9 Å². The third-order valence-electron chi connectivity index (χ3n) is 9.65. The number of piperidine rings is 2. The molecule has 292 valence electrons. The first-order chi connectivity index (χ1) is 25.0. The Bertz CT molecular complexity index is 1580. The third-order valence-corrected chi connectivity index (χ3v) is 10.6. The number of nitrogens with zero attached hydrogens (tertiary/aromatic N) is 3. The number of benzene rings is 1. The van der Waals surface area contributed by atoms with Crippen molar-refractivity contribution in [1.29, 1.82) is 0 Å². The van der Waals surface area contributed by atoms with Crippen molar-refractivity contribution >= 4 is 29.1 Å². The number of carboxylic acid groups (broad SMARTS) is 1. The van der Waals surface area contributed by atoms with Gasteiger partial charge in [0.1, 0.15) is 10.6 Å². The van der Waals surface area contributed by atoms with E-state index >= 15 is 0 Å². The third kappa shape index (κ3) is 13.0. The number of unbranched alkanes of at least 4 members (excludes halogenated alkanes) is 1. The highest BCUT2D eigenvalue weighted by Crippen LogP contribution is 2.41. The zero-order chi connectivity index (χ0) is 39.2. The lowest BCUT2D eigenvalue weighted by Gasteiger charge is -2.46. The minimum atomic E-state index is -4.33. The molecule has 2 saturated heterocycles. The monoisotopic (exact) mass is 771 g/mol. The van der Waals surface area contributed by atoms with Gasteiger partial charge in [-0.2, -0.15) is 26.3 Å². The van der Waals surface area contributed by atoms with Crippen LogP contribution in [-0.2, 0) is 32.2 Å². The van der Waals surface area contributed by atoms with E-state index in [0.29, 0.717) is 23.8 Å². The number of carbonyl (C=O) groups is 3. The Labute approximate surface area is 309 Å². The summed E-state index contributed by atoms with van der Waals surface area (Å²) in [6, 6.07) is 13.5. The summed E-state index contributed by atoms with van der Waals surface area (Å²) in [5.74, 6) is -0.876.